The molecule has 1 unspecified atom stereocenters. The van der Waals surface area contributed by atoms with Crippen molar-refractivity contribution in [1.82, 2.24) is 14.6 Å². The molecule has 5 rings (SSSR count). The molecule has 0 fully saturated rings. The number of hydrogen-bond donors (Lipinski definition) is 2. The molecule has 2 aromatic heterocycles. The van der Waals surface area contributed by atoms with E-state index < -0.39 is 0 Å². The van der Waals surface area contributed by atoms with Crippen molar-refractivity contribution < 1.29 is 14.4 Å². The number of rotatable bonds is 4. The summed E-state index contributed by atoms with van der Waals surface area (Å²) in [5, 5.41) is 15.4. The average molecular weight is 410 g/mol. The number of nitrogens with one attached hydrogen (secondary N) is 1. The van der Waals surface area contributed by atoms with Crippen LogP contribution in [0.2, 0.25) is 0 Å². The van der Waals surface area contributed by atoms with E-state index in [-0.39, 0.29) is 17.7 Å². The van der Waals surface area contributed by atoms with E-state index in [9.17, 15) is 9.50 Å². The van der Waals surface area contributed by atoms with Gasteiger partial charge in [-0.25, -0.2) is 9.37 Å². The van der Waals surface area contributed by atoms with E-state index in [0.29, 0.717) is 17.2 Å². The van der Waals surface area contributed by atoms with Crippen molar-refractivity contribution in [3.63, 3.8) is 0 Å². The number of hydrogen-bond acceptors (Lipinski definition) is 4. The Labute approximate surface area is 172 Å². The molecule has 1 aliphatic rings. The summed E-state index contributed by atoms with van der Waals surface area (Å²) in [5.74, 6) is 0.550. The van der Waals surface area contributed by atoms with E-state index in [4.69, 9.17) is 0 Å². The van der Waals surface area contributed by atoms with Gasteiger partial charge in [0.05, 0.1) is 6.54 Å². The van der Waals surface area contributed by atoms with Gasteiger partial charge in [0.1, 0.15) is 17.2 Å². The van der Waals surface area contributed by atoms with Crippen molar-refractivity contribution in [2.45, 2.75) is 32.4 Å². The molecule has 148 valence electrons. The van der Waals surface area contributed by atoms with Crippen molar-refractivity contribution in [2.24, 2.45) is 0 Å². The van der Waals surface area contributed by atoms with Gasteiger partial charge in [0.2, 0.25) is 10.8 Å². The van der Waals surface area contributed by atoms with Crippen LogP contribution < -0.4 is 4.90 Å². The molecule has 3 heterocycles. The number of nitrogens with zero attached hydrogens (tertiary/aromatic N) is 3. The summed E-state index contributed by atoms with van der Waals surface area (Å²) in [6, 6.07) is 15.0. The van der Waals surface area contributed by atoms with Crippen LogP contribution in [0, 0.1) is 5.82 Å². The lowest BCUT2D eigenvalue weighted by Gasteiger charge is -2.32. The lowest BCUT2D eigenvalue weighted by molar-refractivity contribution is -0.940. The summed E-state index contributed by atoms with van der Waals surface area (Å²) in [5.41, 5.74) is 3.53. The van der Waals surface area contributed by atoms with Gasteiger partial charge in [0, 0.05) is 24.0 Å². The molecule has 0 amide bonds. The van der Waals surface area contributed by atoms with Gasteiger partial charge in [-0.1, -0.05) is 54.7 Å². The number of aromatic hydroxyl groups is 1. The predicted octanol–water partition coefficient (Wildman–Crippen LogP) is 2.93. The molecule has 0 spiro atoms. The molecule has 7 heteroatoms. The highest BCUT2D eigenvalue weighted by Crippen LogP contribution is 2.35. The molecular formula is C22H22FN4OS+. The fourth-order valence-electron chi connectivity index (χ4n) is 4.24. The maximum Gasteiger partial charge on any atom is 0.235 e. The van der Waals surface area contributed by atoms with Crippen molar-refractivity contribution in [1.29, 1.82) is 0 Å². The van der Waals surface area contributed by atoms with Crippen LogP contribution in [0.1, 0.15) is 40.4 Å². The summed E-state index contributed by atoms with van der Waals surface area (Å²) in [7, 11) is 0. The van der Waals surface area contributed by atoms with Crippen LogP contribution in [0.5, 0.6) is 5.88 Å². The van der Waals surface area contributed by atoms with Gasteiger partial charge in [-0.3, -0.25) is 0 Å². The number of aromatic nitrogens is 3. The molecule has 4 aromatic rings. The van der Waals surface area contributed by atoms with E-state index >= 15 is 0 Å². The minimum Gasteiger partial charge on any atom is -0.492 e. The monoisotopic (exact) mass is 409 g/mol. The molecule has 1 aliphatic heterocycles. The number of quaternary nitrogens is 1. The van der Waals surface area contributed by atoms with Crippen molar-refractivity contribution >= 4 is 16.3 Å². The second-order valence-electron chi connectivity index (χ2n) is 7.46. The molecule has 2 atom stereocenters. The standard InChI is InChI=1S/C22H21FN4OS/c1-2-18-24-22-27(25-18)21(28)20(29-22)19(15-8-5-9-17(23)12-15)26-11-10-14-6-3-4-7-16(14)13-26/h3-9,12,19,28H,2,10-11,13H2,1H3/p+1/t19-/m1/s1. The summed E-state index contributed by atoms with van der Waals surface area (Å²) >= 11 is 1.44. The van der Waals surface area contributed by atoms with Gasteiger partial charge in [-0.2, -0.15) is 4.52 Å². The van der Waals surface area contributed by atoms with Crippen LogP contribution in [-0.4, -0.2) is 26.2 Å². The van der Waals surface area contributed by atoms with Crippen LogP contribution in [0.15, 0.2) is 48.5 Å². The van der Waals surface area contributed by atoms with Gasteiger partial charge in [0.15, 0.2) is 11.9 Å². The molecular weight excluding hydrogens is 387 g/mol. The van der Waals surface area contributed by atoms with E-state index in [1.54, 1.807) is 12.1 Å². The molecule has 2 aromatic carbocycles. The maximum absolute atomic E-state index is 14.1. The third kappa shape index (κ3) is 3.20. The first kappa shape index (κ1) is 18.3. The Morgan fingerprint density at radius 2 is 2.03 bits per heavy atom. The lowest BCUT2D eigenvalue weighted by Crippen LogP contribution is -3.12. The highest BCUT2D eigenvalue weighted by molar-refractivity contribution is 7.17. The zero-order valence-electron chi connectivity index (χ0n) is 16.1. The summed E-state index contributed by atoms with van der Waals surface area (Å²) in [6.07, 6.45) is 1.67. The number of benzene rings is 2. The third-order valence-corrected chi connectivity index (χ3v) is 6.75. The van der Waals surface area contributed by atoms with Crippen LogP contribution in [0.4, 0.5) is 4.39 Å². The number of aryl methyl sites for hydroxylation is 1. The minimum atomic E-state index is -0.267. The van der Waals surface area contributed by atoms with E-state index in [1.807, 2.05) is 13.0 Å². The average Bonchev–Trinajstić information content (AvgIpc) is 3.27. The first-order valence-corrected chi connectivity index (χ1v) is 10.7. The highest BCUT2D eigenvalue weighted by atomic mass is 32.1. The fourth-order valence-corrected chi connectivity index (χ4v) is 5.40. The second kappa shape index (κ2) is 7.24. The Balaban J connectivity index is 1.62. The van der Waals surface area contributed by atoms with Gasteiger partial charge in [-0.15, -0.1) is 5.10 Å². The Hall–Kier alpha value is -2.77. The fraction of sp³-hybridized carbons (Fsp3) is 0.273. The van der Waals surface area contributed by atoms with Crippen LogP contribution in [-0.2, 0) is 19.4 Å². The Morgan fingerprint density at radius 1 is 1.21 bits per heavy atom. The topological polar surface area (TPSA) is 54.9 Å². The smallest absolute Gasteiger partial charge is 0.235 e. The van der Waals surface area contributed by atoms with Crippen molar-refractivity contribution in [3.05, 3.63) is 81.7 Å². The van der Waals surface area contributed by atoms with Crippen LogP contribution in [0.25, 0.3) is 4.96 Å². The zero-order chi connectivity index (χ0) is 20.0. The summed E-state index contributed by atoms with van der Waals surface area (Å²) in [6.45, 7) is 3.72. The van der Waals surface area contributed by atoms with Gasteiger partial charge in [-0.05, 0) is 17.7 Å². The SMILES string of the molecule is CCc1nc2sc([C@@H](c3cccc(F)c3)[NH+]3CCc4ccccc4C3)c(O)n2n1. The first-order chi connectivity index (χ1) is 14.1. The normalized spacial score (nSPS) is 17.4. The third-order valence-electron chi connectivity index (χ3n) is 5.66. The first-order valence-electron chi connectivity index (χ1n) is 9.88. The minimum absolute atomic E-state index is 0.109. The summed E-state index contributed by atoms with van der Waals surface area (Å²) in [4.78, 5) is 7.25. The van der Waals surface area contributed by atoms with Gasteiger partial charge < -0.3 is 10.0 Å². The number of thiazole rings is 1. The largest absolute Gasteiger partial charge is 0.492 e. The molecule has 0 bridgehead atoms. The highest BCUT2D eigenvalue weighted by Gasteiger charge is 2.35. The molecule has 0 aliphatic carbocycles. The van der Waals surface area contributed by atoms with E-state index in [2.05, 4.69) is 34.3 Å². The van der Waals surface area contributed by atoms with Crippen molar-refractivity contribution in [3.8, 4) is 5.88 Å². The van der Waals surface area contributed by atoms with Gasteiger partial charge in [0.25, 0.3) is 0 Å². The molecule has 5 nitrogen and oxygen atoms in total. The Morgan fingerprint density at radius 3 is 2.79 bits per heavy atom. The van der Waals surface area contributed by atoms with E-state index in [0.717, 1.165) is 30.0 Å². The number of halogens is 1. The molecule has 0 radical (unpaired) electrons. The van der Waals surface area contributed by atoms with Crippen LogP contribution >= 0.6 is 11.3 Å². The molecule has 0 saturated carbocycles. The van der Waals surface area contributed by atoms with Gasteiger partial charge >= 0.3 is 0 Å². The Bertz CT molecular complexity index is 1180. The summed E-state index contributed by atoms with van der Waals surface area (Å²) < 4.78 is 15.6. The predicted molar refractivity (Wildman–Crippen MR) is 110 cm³/mol. The lowest BCUT2D eigenvalue weighted by atomic mass is 9.95. The quantitative estimate of drug-likeness (QED) is 0.545. The van der Waals surface area contributed by atoms with Crippen LogP contribution in [0.3, 0.4) is 0 Å². The second-order valence-corrected chi connectivity index (χ2v) is 8.47. The zero-order valence-corrected chi connectivity index (χ0v) is 16.9. The maximum atomic E-state index is 14.1. The molecule has 29 heavy (non-hydrogen) atoms. The van der Waals surface area contributed by atoms with Crippen molar-refractivity contribution in [2.75, 3.05) is 6.54 Å². The molecule has 0 saturated heterocycles. The Kier molecular flexibility index (Phi) is 4.56. The number of fused-ring (bicyclic) bond motifs is 2. The van der Waals surface area contributed by atoms with E-state index in [1.165, 1.54) is 37.9 Å². The molecule has 2 N–H and O–H groups in total.